The molecule has 27 heavy (non-hydrogen) atoms. The molecule has 0 unspecified atom stereocenters. The summed E-state index contributed by atoms with van der Waals surface area (Å²) in [5.41, 5.74) is 1.53. The first-order valence-corrected chi connectivity index (χ1v) is 8.70. The lowest BCUT2D eigenvalue weighted by molar-refractivity contribution is -0.384. The molecular formula is C17H11Cl3N4O3. The number of nitrogens with one attached hydrogen (secondary N) is 1. The maximum absolute atomic E-state index is 12.5. The monoisotopic (exact) mass is 424 g/mol. The first kappa shape index (κ1) is 19.3. The third kappa shape index (κ3) is 4.27. The maximum atomic E-state index is 12.5. The molecule has 1 aromatic heterocycles. The Kier molecular flexibility index (Phi) is 5.19. The first-order chi connectivity index (χ1) is 12.6. The summed E-state index contributed by atoms with van der Waals surface area (Å²) in [5, 5.41) is 14.0. The summed E-state index contributed by atoms with van der Waals surface area (Å²) in [7, 11) is 0. The number of nitrogens with zero attached hydrogens (tertiary/aromatic N) is 3. The number of carbonyl (C=O) groups excluding carboxylic acids is 1. The van der Waals surface area contributed by atoms with Crippen LogP contribution in [0.25, 0.3) is 10.9 Å². The van der Waals surface area contributed by atoms with Crippen LogP contribution in [-0.4, -0.2) is 20.8 Å². The van der Waals surface area contributed by atoms with Gasteiger partial charge in [0.1, 0.15) is 5.82 Å². The fourth-order valence-corrected chi connectivity index (χ4v) is 2.63. The van der Waals surface area contributed by atoms with Gasteiger partial charge in [-0.15, -0.1) is 0 Å². The van der Waals surface area contributed by atoms with E-state index in [4.69, 9.17) is 34.8 Å². The van der Waals surface area contributed by atoms with Gasteiger partial charge in [-0.25, -0.2) is 9.97 Å². The molecule has 0 saturated heterocycles. The van der Waals surface area contributed by atoms with Crippen LogP contribution in [0.2, 0.25) is 0 Å². The molecule has 2 aromatic carbocycles. The second-order valence-electron chi connectivity index (χ2n) is 5.67. The summed E-state index contributed by atoms with van der Waals surface area (Å²) >= 11 is 17.7. The maximum Gasteiger partial charge on any atom is 0.269 e. The zero-order chi connectivity index (χ0) is 19.8. The summed E-state index contributed by atoms with van der Waals surface area (Å²) in [5.74, 6) is -0.419. The van der Waals surface area contributed by atoms with Crippen LogP contribution in [0.3, 0.4) is 0 Å². The Morgan fingerprint density at radius 3 is 2.37 bits per heavy atom. The highest BCUT2D eigenvalue weighted by molar-refractivity contribution is 6.66. The van der Waals surface area contributed by atoms with Gasteiger partial charge in [0.2, 0.25) is 3.79 Å². The SMILES string of the molecule is Cc1ccc2nc(C(Cl)(Cl)Cl)nc(NC(=O)c3ccc([N+](=O)[O-])cc3)c2c1. The molecule has 0 aliphatic heterocycles. The molecule has 1 N–H and O–H groups in total. The Morgan fingerprint density at radius 2 is 1.78 bits per heavy atom. The second kappa shape index (κ2) is 7.26. The van der Waals surface area contributed by atoms with E-state index in [0.29, 0.717) is 10.9 Å². The van der Waals surface area contributed by atoms with Crippen LogP contribution < -0.4 is 5.32 Å². The quantitative estimate of drug-likeness (QED) is 0.364. The number of non-ortho nitro benzene ring substituents is 1. The van der Waals surface area contributed by atoms with Gasteiger partial charge < -0.3 is 5.32 Å². The highest BCUT2D eigenvalue weighted by Gasteiger charge is 2.28. The Morgan fingerprint density at radius 1 is 1.11 bits per heavy atom. The van der Waals surface area contributed by atoms with Crippen molar-refractivity contribution in [3.05, 3.63) is 69.5 Å². The largest absolute Gasteiger partial charge is 0.306 e. The minimum absolute atomic E-state index is 0.0807. The van der Waals surface area contributed by atoms with Gasteiger partial charge in [-0.1, -0.05) is 46.4 Å². The molecule has 0 saturated carbocycles. The molecule has 0 aliphatic carbocycles. The van der Waals surface area contributed by atoms with Gasteiger partial charge >= 0.3 is 0 Å². The number of benzene rings is 2. The van der Waals surface area contributed by atoms with Crippen molar-refractivity contribution in [1.29, 1.82) is 0 Å². The Labute approximate surface area is 168 Å². The highest BCUT2D eigenvalue weighted by atomic mass is 35.6. The first-order valence-electron chi connectivity index (χ1n) is 7.56. The molecule has 0 fully saturated rings. The Bertz CT molecular complexity index is 1050. The average Bonchev–Trinajstić information content (AvgIpc) is 2.61. The van der Waals surface area contributed by atoms with Crippen molar-refractivity contribution >= 4 is 63.1 Å². The smallest absolute Gasteiger partial charge is 0.269 e. The number of aryl methyl sites for hydroxylation is 1. The van der Waals surface area contributed by atoms with Crippen LogP contribution in [0.4, 0.5) is 11.5 Å². The molecular weight excluding hydrogens is 415 g/mol. The summed E-state index contributed by atoms with van der Waals surface area (Å²) in [6, 6.07) is 10.5. The van der Waals surface area contributed by atoms with Crippen molar-refractivity contribution in [3.8, 4) is 0 Å². The van der Waals surface area contributed by atoms with E-state index < -0.39 is 14.6 Å². The number of nitro benzene ring substituents is 1. The lowest BCUT2D eigenvalue weighted by atomic mass is 10.1. The predicted molar refractivity (Wildman–Crippen MR) is 105 cm³/mol. The van der Waals surface area contributed by atoms with Gasteiger partial charge in [-0.05, 0) is 31.2 Å². The number of hydrogen-bond acceptors (Lipinski definition) is 5. The zero-order valence-corrected chi connectivity index (χ0v) is 16.0. The van der Waals surface area contributed by atoms with E-state index in [1.54, 1.807) is 12.1 Å². The van der Waals surface area contributed by atoms with Crippen molar-refractivity contribution < 1.29 is 9.72 Å². The van der Waals surface area contributed by atoms with Crippen LogP contribution in [0.15, 0.2) is 42.5 Å². The number of alkyl halides is 3. The number of fused-ring (bicyclic) bond motifs is 1. The fourth-order valence-electron chi connectivity index (χ4n) is 2.38. The van der Waals surface area contributed by atoms with Crippen LogP contribution in [0, 0.1) is 17.0 Å². The van der Waals surface area contributed by atoms with Crippen molar-refractivity contribution in [2.75, 3.05) is 5.32 Å². The van der Waals surface area contributed by atoms with Crippen molar-refractivity contribution in [1.82, 2.24) is 9.97 Å². The van der Waals surface area contributed by atoms with E-state index in [2.05, 4.69) is 15.3 Å². The molecule has 0 atom stereocenters. The van der Waals surface area contributed by atoms with Crippen LogP contribution in [0.1, 0.15) is 21.7 Å². The predicted octanol–water partition coefficient (Wildman–Crippen LogP) is 4.93. The number of amides is 1. The minimum Gasteiger partial charge on any atom is -0.306 e. The molecule has 1 heterocycles. The van der Waals surface area contributed by atoms with E-state index in [-0.39, 0.29) is 22.9 Å². The number of hydrogen-bond donors (Lipinski definition) is 1. The van der Waals surface area contributed by atoms with E-state index in [1.807, 2.05) is 13.0 Å². The van der Waals surface area contributed by atoms with Gasteiger partial charge in [0.25, 0.3) is 11.6 Å². The third-order valence-corrected chi connectivity index (χ3v) is 4.18. The minimum atomic E-state index is -1.87. The Balaban J connectivity index is 2.03. The average molecular weight is 426 g/mol. The molecule has 0 radical (unpaired) electrons. The van der Waals surface area contributed by atoms with Crippen molar-refractivity contribution in [3.63, 3.8) is 0 Å². The highest BCUT2D eigenvalue weighted by Crippen LogP contribution is 2.37. The van der Waals surface area contributed by atoms with Gasteiger partial charge in [0, 0.05) is 23.1 Å². The van der Waals surface area contributed by atoms with Gasteiger partial charge in [-0.2, -0.15) is 0 Å². The normalized spacial score (nSPS) is 11.4. The Hall–Kier alpha value is -2.48. The number of anilines is 1. The summed E-state index contributed by atoms with van der Waals surface area (Å²) in [4.78, 5) is 31.1. The zero-order valence-electron chi connectivity index (χ0n) is 13.7. The van der Waals surface area contributed by atoms with E-state index in [0.717, 1.165) is 5.56 Å². The summed E-state index contributed by atoms with van der Waals surface area (Å²) < 4.78 is -1.87. The van der Waals surface area contributed by atoms with Gasteiger partial charge in [0.15, 0.2) is 5.82 Å². The van der Waals surface area contributed by atoms with Crippen molar-refractivity contribution in [2.24, 2.45) is 0 Å². The summed E-state index contributed by atoms with van der Waals surface area (Å²) in [6.45, 7) is 1.88. The standard InChI is InChI=1S/C17H11Cl3N4O3/c1-9-2-7-13-12(8-9)14(23-16(21-13)17(18,19)20)22-15(25)10-3-5-11(6-4-10)24(26)27/h2-8H,1H3,(H,21,22,23,25). The molecule has 1 amide bonds. The van der Waals surface area contributed by atoms with Crippen LogP contribution in [-0.2, 0) is 3.79 Å². The molecule has 0 spiro atoms. The second-order valence-corrected chi connectivity index (χ2v) is 7.95. The molecule has 0 bridgehead atoms. The van der Waals surface area contributed by atoms with E-state index >= 15 is 0 Å². The van der Waals surface area contributed by atoms with Crippen LogP contribution in [0.5, 0.6) is 0 Å². The molecule has 3 rings (SSSR count). The van der Waals surface area contributed by atoms with Crippen LogP contribution >= 0.6 is 34.8 Å². The number of nitro groups is 1. The number of carbonyl (C=O) groups is 1. The van der Waals surface area contributed by atoms with Gasteiger partial charge in [-0.3, -0.25) is 14.9 Å². The topological polar surface area (TPSA) is 98.0 Å². The van der Waals surface area contributed by atoms with Crippen molar-refractivity contribution in [2.45, 2.75) is 10.7 Å². The number of halogens is 3. The van der Waals surface area contributed by atoms with E-state index in [1.165, 1.54) is 24.3 Å². The molecule has 0 aliphatic rings. The summed E-state index contributed by atoms with van der Waals surface area (Å²) in [6.07, 6.45) is 0. The third-order valence-electron chi connectivity index (χ3n) is 3.68. The van der Waals surface area contributed by atoms with E-state index in [9.17, 15) is 14.9 Å². The molecule has 3 aromatic rings. The number of aromatic nitrogens is 2. The number of rotatable bonds is 3. The molecule has 7 nitrogen and oxygen atoms in total. The van der Waals surface area contributed by atoms with Gasteiger partial charge in [0.05, 0.1) is 10.4 Å². The lowest BCUT2D eigenvalue weighted by Gasteiger charge is -2.14. The lowest BCUT2D eigenvalue weighted by Crippen LogP contribution is -2.16. The molecule has 10 heteroatoms. The molecule has 138 valence electrons. The fraction of sp³-hybridized carbons (Fsp3) is 0.118.